The van der Waals surface area contributed by atoms with Crippen molar-refractivity contribution in [2.75, 3.05) is 19.0 Å². The largest absolute Gasteiger partial charge is 0.394 e. The number of aliphatic hydroxyl groups is 1. The Morgan fingerprint density at radius 1 is 1.43 bits per heavy atom. The van der Waals surface area contributed by atoms with Gasteiger partial charge in [0, 0.05) is 13.5 Å². The predicted octanol–water partition coefficient (Wildman–Crippen LogP) is 2.22. The molecular formula is C17H24ClN5O4S. The predicted molar refractivity (Wildman–Crippen MR) is 103 cm³/mol. The highest BCUT2D eigenvalue weighted by atomic mass is 35.5. The first-order valence-electron chi connectivity index (χ1n) is 11.0. The molecule has 1 saturated carbocycles. The van der Waals surface area contributed by atoms with Crippen LogP contribution < -0.4 is 0 Å². The Bertz CT molecular complexity index is 1040. The van der Waals surface area contributed by atoms with Crippen molar-refractivity contribution in [1.29, 1.82) is 0 Å². The van der Waals surface area contributed by atoms with Crippen LogP contribution in [0.15, 0.2) is 5.16 Å². The monoisotopic (exact) mass is 433 g/mol. The first kappa shape index (κ1) is 15.8. The van der Waals surface area contributed by atoms with Crippen molar-refractivity contribution in [3.05, 3.63) is 5.15 Å². The fraction of sp³-hybridized carbons (Fsp3) is 0.765. The van der Waals surface area contributed by atoms with E-state index in [0.717, 1.165) is 16.9 Å². The molecule has 0 spiro atoms. The third kappa shape index (κ3) is 3.73. The Balaban J connectivity index is 1.91. The van der Waals surface area contributed by atoms with E-state index < -0.39 is 36.5 Å². The highest BCUT2D eigenvalue weighted by molar-refractivity contribution is 7.99. The quantitative estimate of drug-likeness (QED) is 0.399. The first-order valence-corrected chi connectivity index (χ1v) is 10.3. The summed E-state index contributed by atoms with van der Waals surface area (Å²) in [6.45, 7) is 4.45. The summed E-state index contributed by atoms with van der Waals surface area (Å²) in [5, 5.41) is 17.6. The second-order valence-corrected chi connectivity index (χ2v) is 8.10. The third-order valence-corrected chi connectivity index (χ3v) is 5.33. The van der Waals surface area contributed by atoms with Crippen LogP contribution in [0.25, 0.3) is 11.2 Å². The molecule has 0 bridgehead atoms. The second-order valence-electron chi connectivity index (χ2n) is 6.68. The summed E-state index contributed by atoms with van der Waals surface area (Å²) in [5.74, 6) is -0.682. The molecule has 5 atom stereocenters. The Labute approximate surface area is 177 Å². The summed E-state index contributed by atoms with van der Waals surface area (Å²) in [6, 6.07) is -2.36. The minimum atomic E-state index is -2.45. The van der Waals surface area contributed by atoms with Gasteiger partial charge in [0.1, 0.15) is 12.2 Å². The highest BCUT2D eigenvalue weighted by Gasteiger charge is 2.56. The van der Waals surface area contributed by atoms with Crippen molar-refractivity contribution < 1.29 is 24.8 Å². The molecule has 0 aromatic carbocycles. The van der Waals surface area contributed by atoms with Crippen LogP contribution in [0.5, 0.6) is 0 Å². The van der Waals surface area contributed by atoms with Gasteiger partial charge in [0.2, 0.25) is 0 Å². The summed E-state index contributed by atoms with van der Waals surface area (Å²) in [7, 11) is 0. The van der Waals surface area contributed by atoms with E-state index >= 15 is 0 Å². The van der Waals surface area contributed by atoms with Gasteiger partial charge in [-0.1, -0.05) is 35.5 Å². The van der Waals surface area contributed by atoms with Gasteiger partial charge in [-0.25, -0.2) is 14.6 Å². The molecule has 2 aromatic rings. The van der Waals surface area contributed by atoms with E-state index in [2.05, 4.69) is 20.3 Å². The number of nitrogens with zero attached hydrogens (tertiary/aromatic N) is 5. The van der Waals surface area contributed by atoms with Gasteiger partial charge in [-0.2, -0.15) is 0 Å². The van der Waals surface area contributed by atoms with Gasteiger partial charge in [-0.3, -0.25) is 0 Å². The molecule has 2 aromatic heterocycles. The average molecular weight is 434 g/mol. The molecule has 28 heavy (non-hydrogen) atoms. The van der Waals surface area contributed by atoms with Crippen LogP contribution in [0.2, 0.25) is 5.15 Å². The molecule has 2 aliphatic rings. The van der Waals surface area contributed by atoms with Crippen molar-refractivity contribution >= 4 is 34.5 Å². The molecule has 1 saturated heterocycles. The number of rotatable bonds is 7. The minimum absolute atomic E-state index is 0.0242. The highest BCUT2D eigenvalue weighted by Crippen LogP contribution is 2.45. The lowest BCUT2D eigenvalue weighted by molar-refractivity contribution is -0.171. The van der Waals surface area contributed by atoms with E-state index in [1.165, 1.54) is 25.6 Å². The summed E-state index contributed by atoms with van der Waals surface area (Å²) in [4.78, 5) is 8.63. The van der Waals surface area contributed by atoms with E-state index in [4.69, 9.17) is 29.9 Å². The zero-order valence-corrected chi connectivity index (χ0v) is 17.2. The van der Waals surface area contributed by atoms with Crippen LogP contribution in [-0.2, 0) is 14.2 Å². The van der Waals surface area contributed by atoms with E-state index in [1.54, 1.807) is 0 Å². The van der Waals surface area contributed by atoms with Crippen LogP contribution >= 0.6 is 23.4 Å². The second kappa shape index (κ2) is 8.00. The van der Waals surface area contributed by atoms with Gasteiger partial charge in [-0.15, -0.1) is 5.10 Å². The van der Waals surface area contributed by atoms with Crippen LogP contribution in [0.3, 0.4) is 0 Å². The molecular weight excluding hydrogens is 406 g/mol. The molecule has 154 valence electrons. The first-order chi connectivity index (χ1) is 14.9. The summed E-state index contributed by atoms with van der Waals surface area (Å²) in [5.41, 5.74) is 0.143. The van der Waals surface area contributed by atoms with Crippen molar-refractivity contribution in [2.24, 2.45) is 0 Å². The molecule has 0 radical (unpaired) electrons. The topological polar surface area (TPSA) is 104 Å². The summed E-state index contributed by atoms with van der Waals surface area (Å²) >= 11 is 7.64. The molecule has 1 aliphatic heterocycles. The third-order valence-electron chi connectivity index (χ3n) is 4.02. The fourth-order valence-corrected chi connectivity index (χ4v) is 3.89. The smallest absolute Gasteiger partial charge is 0.191 e. The SMILES string of the molecule is [2H]C1[C@H](OCCO)[C@@]2([2H])OC(C)(C)O[C@@]2([2H])[C@]1([2H])n1nnc2c(Cl)nc(SCCC)nc21. The van der Waals surface area contributed by atoms with Crippen LogP contribution in [-0.4, -0.2) is 73.1 Å². The molecule has 1 aliphatic carbocycles. The Morgan fingerprint density at radius 2 is 2.21 bits per heavy atom. The van der Waals surface area contributed by atoms with Gasteiger partial charge >= 0.3 is 0 Å². The number of hydrogen-bond acceptors (Lipinski definition) is 9. The maximum Gasteiger partial charge on any atom is 0.191 e. The number of fused-ring (bicyclic) bond motifs is 2. The number of aromatic nitrogens is 5. The zero-order chi connectivity index (χ0) is 23.5. The van der Waals surface area contributed by atoms with E-state index in [0.29, 0.717) is 5.16 Å². The molecule has 0 amide bonds. The van der Waals surface area contributed by atoms with Crippen LogP contribution in [0.1, 0.15) is 45.1 Å². The summed E-state index contributed by atoms with van der Waals surface area (Å²) < 4.78 is 54.2. The van der Waals surface area contributed by atoms with Crippen LogP contribution in [0.4, 0.5) is 0 Å². The number of hydrogen-bond donors (Lipinski definition) is 1. The lowest BCUT2D eigenvalue weighted by Gasteiger charge is -2.23. The van der Waals surface area contributed by atoms with Crippen molar-refractivity contribution in [3.63, 3.8) is 0 Å². The van der Waals surface area contributed by atoms with Gasteiger partial charge in [-0.05, 0) is 20.3 Å². The molecule has 9 nitrogen and oxygen atoms in total. The van der Waals surface area contributed by atoms with Crippen LogP contribution in [0, 0.1) is 0 Å². The maximum atomic E-state index is 9.31. The lowest BCUT2D eigenvalue weighted by atomic mass is 10.2. The molecule has 2 fully saturated rings. The standard InChI is InChI=1S/C17H24ClN5O4S/c1-4-7-28-16-19-14(18)11-15(20-16)23(22-21-11)9-8-10(25-6-5-24)13-12(9)26-17(2,3)27-13/h9-10,12-13,24H,4-8H2,1-3H3/t9-,10+,12+,13-/m1/s1/i8D,9D,12D,13D/t8?,9-,10+,12+,13-. The van der Waals surface area contributed by atoms with Gasteiger partial charge < -0.3 is 19.3 Å². The number of aliphatic hydroxyl groups excluding tert-OH is 1. The molecule has 3 heterocycles. The normalized spacial score (nSPS) is 41.5. The van der Waals surface area contributed by atoms with Gasteiger partial charge in [0.05, 0.1) is 29.4 Å². The average Bonchev–Trinajstić information content (AvgIpc) is 3.25. The summed E-state index contributed by atoms with van der Waals surface area (Å²) in [6.07, 6.45) is -6.83. The molecule has 4 rings (SSSR count). The Morgan fingerprint density at radius 3 is 2.96 bits per heavy atom. The lowest BCUT2D eigenvalue weighted by Crippen LogP contribution is -2.31. The zero-order valence-electron chi connectivity index (χ0n) is 19.7. The Hall–Kier alpha value is -1.04. The molecule has 11 heteroatoms. The number of halogens is 1. The molecule has 1 N–H and O–H groups in total. The number of ether oxygens (including phenoxy) is 3. The fourth-order valence-electron chi connectivity index (χ4n) is 2.94. The Kier molecular flexibility index (Phi) is 4.50. The molecule has 1 unspecified atom stereocenters. The maximum absolute atomic E-state index is 9.31. The van der Waals surface area contributed by atoms with Gasteiger partial charge in [0.15, 0.2) is 27.3 Å². The van der Waals surface area contributed by atoms with E-state index in [1.807, 2.05) is 6.92 Å². The van der Waals surface area contributed by atoms with E-state index in [9.17, 15) is 6.48 Å². The van der Waals surface area contributed by atoms with Gasteiger partial charge in [0.25, 0.3) is 0 Å². The van der Waals surface area contributed by atoms with Crippen molar-refractivity contribution in [3.8, 4) is 0 Å². The van der Waals surface area contributed by atoms with E-state index in [-0.39, 0.29) is 29.5 Å². The van der Waals surface area contributed by atoms with Crippen molar-refractivity contribution in [2.45, 2.75) is 68.8 Å². The number of thioether (sulfide) groups is 1. The van der Waals surface area contributed by atoms with Crippen molar-refractivity contribution in [1.82, 2.24) is 25.0 Å². The minimum Gasteiger partial charge on any atom is -0.394 e.